The highest BCUT2D eigenvalue weighted by atomic mass is 16.2. The van der Waals surface area contributed by atoms with Crippen LogP contribution in [0, 0.1) is 5.92 Å². The van der Waals surface area contributed by atoms with Gasteiger partial charge in [-0.25, -0.2) is 0 Å². The Bertz CT molecular complexity index is 214. The Hall–Kier alpha value is -1.06. The van der Waals surface area contributed by atoms with E-state index in [4.69, 9.17) is 0 Å². The van der Waals surface area contributed by atoms with Crippen molar-refractivity contribution in [1.82, 2.24) is 10.2 Å². The molecule has 4 heteroatoms. The van der Waals surface area contributed by atoms with Crippen LogP contribution in [0.15, 0.2) is 0 Å². The SMILES string of the molecule is CCN(CC)C(=O)C1CCC(=O)NC1. The van der Waals surface area contributed by atoms with Crippen molar-refractivity contribution in [1.29, 1.82) is 0 Å². The van der Waals surface area contributed by atoms with Crippen LogP contribution in [-0.4, -0.2) is 36.3 Å². The summed E-state index contributed by atoms with van der Waals surface area (Å²) < 4.78 is 0. The molecule has 1 saturated heterocycles. The number of carbonyl (C=O) groups is 2. The van der Waals surface area contributed by atoms with Gasteiger partial charge in [-0.3, -0.25) is 9.59 Å². The predicted molar refractivity (Wildman–Crippen MR) is 53.7 cm³/mol. The third kappa shape index (κ3) is 2.47. The lowest BCUT2D eigenvalue weighted by Gasteiger charge is -2.27. The van der Waals surface area contributed by atoms with Gasteiger partial charge in [-0.15, -0.1) is 0 Å². The summed E-state index contributed by atoms with van der Waals surface area (Å²) in [6, 6.07) is 0. The van der Waals surface area contributed by atoms with Gasteiger partial charge in [0.1, 0.15) is 0 Å². The summed E-state index contributed by atoms with van der Waals surface area (Å²) in [6.07, 6.45) is 1.18. The molecule has 0 aromatic heterocycles. The third-order valence-corrected chi connectivity index (χ3v) is 2.69. The number of piperidine rings is 1. The van der Waals surface area contributed by atoms with E-state index >= 15 is 0 Å². The van der Waals surface area contributed by atoms with Gasteiger partial charge in [0, 0.05) is 26.1 Å². The monoisotopic (exact) mass is 198 g/mol. The van der Waals surface area contributed by atoms with Gasteiger partial charge in [0.2, 0.25) is 11.8 Å². The lowest BCUT2D eigenvalue weighted by molar-refractivity contribution is -0.137. The molecule has 1 N–H and O–H groups in total. The molecule has 0 spiro atoms. The summed E-state index contributed by atoms with van der Waals surface area (Å²) in [5.41, 5.74) is 0. The second kappa shape index (κ2) is 4.98. The average Bonchev–Trinajstić information content (AvgIpc) is 2.20. The van der Waals surface area contributed by atoms with Gasteiger partial charge in [0.05, 0.1) is 5.92 Å². The first-order valence-electron chi connectivity index (χ1n) is 5.24. The molecule has 80 valence electrons. The van der Waals surface area contributed by atoms with Crippen LogP contribution in [0.5, 0.6) is 0 Å². The number of carbonyl (C=O) groups excluding carboxylic acids is 2. The van der Waals surface area contributed by atoms with E-state index in [2.05, 4.69) is 5.32 Å². The molecule has 2 amide bonds. The Balaban J connectivity index is 2.48. The lowest BCUT2D eigenvalue weighted by atomic mass is 9.97. The van der Waals surface area contributed by atoms with Crippen LogP contribution >= 0.6 is 0 Å². The Labute approximate surface area is 84.7 Å². The van der Waals surface area contributed by atoms with Crippen molar-refractivity contribution >= 4 is 11.8 Å². The van der Waals surface area contributed by atoms with Crippen LogP contribution in [0.1, 0.15) is 26.7 Å². The molecule has 0 aliphatic carbocycles. The van der Waals surface area contributed by atoms with Gasteiger partial charge in [-0.1, -0.05) is 0 Å². The summed E-state index contributed by atoms with van der Waals surface area (Å²) in [7, 11) is 0. The molecule has 1 heterocycles. The third-order valence-electron chi connectivity index (χ3n) is 2.69. The van der Waals surface area contributed by atoms with E-state index in [0.717, 1.165) is 13.1 Å². The zero-order valence-corrected chi connectivity index (χ0v) is 8.88. The standard InChI is InChI=1S/C10H18N2O2/c1-3-12(4-2)10(14)8-5-6-9(13)11-7-8/h8H,3-7H2,1-2H3,(H,11,13). The fourth-order valence-corrected chi connectivity index (χ4v) is 1.74. The van der Waals surface area contributed by atoms with Gasteiger partial charge in [0.15, 0.2) is 0 Å². The van der Waals surface area contributed by atoms with Gasteiger partial charge in [-0.2, -0.15) is 0 Å². The highest BCUT2D eigenvalue weighted by molar-refractivity contribution is 5.83. The number of rotatable bonds is 3. The smallest absolute Gasteiger partial charge is 0.227 e. The molecular formula is C10H18N2O2. The fraction of sp³-hybridized carbons (Fsp3) is 0.800. The van der Waals surface area contributed by atoms with Gasteiger partial charge in [0.25, 0.3) is 0 Å². The molecule has 0 radical (unpaired) electrons. The van der Waals surface area contributed by atoms with Gasteiger partial charge < -0.3 is 10.2 Å². The van der Waals surface area contributed by atoms with Crippen LogP contribution < -0.4 is 5.32 Å². The lowest BCUT2D eigenvalue weighted by Crippen LogP contribution is -2.44. The number of nitrogens with zero attached hydrogens (tertiary/aromatic N) is 1. The summed E-state index contributed by atoms with van der Waals surface area (Å²) in [6.45, 7) is 5.96. The highest BCUT2D eigenvalue weighted by Crippen LogP contribution is 2.13. The van der Waals surface area contributed by atoms with E-state index in [1.807, 2.05) is 18.7 Å². The highest BCUT2D eigenvalue weighted by Gasteiger charge is 2.26. The zero-order chi connectivity index (χ0) is 10.6. The van der Waals surface area contributed by atoms with Crippen LogP contribution in [0.4, 0.5) is 0 Å². The molecule has 14 heavy (non-hydrogen) atoms. The Morgan fingerprint density at radius 1 is 1.50 bits per heavy atom. The van der Waals surface area contributed by atoms with E-state index in [1.54, 1.807) is 0 Å². The number of nitrogens with one attached hydrogen (secondary N) is 1. The van der Waals surface area contributed by atoms with Crippen LogP contribution in [0.25, 0.3) is 0 Å². The summed E-state index contributed by atoms with van der Waals surface area (Å²) in [5, 5.41) is 2.73. The van der Waals surface area contributed by atoms with Gasteiger partial charge >= 0.3 is 0 Å². The molecule has 1 rings (SSSR count). The molecule has 0 saturated carbocycles. The van der Waals surface area contributed by atoms with E-state index in [9.17, 15) is 9.59 Å². The number of amides is 2. The quantitative estimate of drug-likeness (QED) is 0.712. The zero-order valence-electron chi connectivity index (χ0n) is 8.88. The molecule has 4 nitrogen and oxygen atoms in total. The van der Waals surface area contributed by atoms with E-state index in [1.165, 1.54) is 0 Å². The maximum Gasteiger partial charge on any atom is 0.227 e. The molecule has 1 unspecified atom stereocenters. The van der Waals surface area contributed by atoms with Gasteiger partial charge in [-0.05, 0) is 20.3 Å². The van der Waals surface area contributed by atoms with Crippen LogP contribution in [-0.2, 0) is 9.59 Å². The first kappa shape index (κ1) is 11.0. The fourth-order valence-electron chi connectivity index (χ4n) is 1.74. The topological polar surface area (TPSA) is 49.4 Å². The van der Waals surface area contributed by atoms with E-state index < -0.39 is 0 Å². The van der Waals surface area contributed by atoms with E-state index in [-0.39, 0.29) is 17.7 Å². The minimum absolute atomic E-state index is 0.00685. The molecule has 1 aliphatic heterocycles. The Kier molecular flexibility index (Phi) is 3.92. The average molecular weight is 198 g/mol. The van der Waals surface area contributed by atoms with Crippen molar-refractivity contribution in [3.05, 3.63) is 0 Å². The van der Waals surface area contributed by atoms with Crippen LogP contribution in [0.3, 0.4) is 0 Å². The molecule has 0 aromatic rings. The predicted octanol–water partition coefficient (Wildman–Crippen LogP) is 0.381. The van der Waals surface area contributed by atoms with Crippen molar-refractivity contribution in [2.75, 3.05) is 19.6 Å². The minimum atomic E-state index is -0.00685. The first-order valence-corrected chi connectivity index (χ1v) is 5.24. The maximum atomic E-state index is 11.8. The Morgan fingerprint density at radius 3 is 2.57 bits per heavy atom. The largest absolute Gasteiger partial charge is 0.355 e. The maximum absolute atomic E-state index is 11.8. The molecule has 1 fully saturated rings. The van der Waals surface area contributed by atoms with Crippen LogP contribution in [0.2, 0.25) is 0 Å². The van der Waals surface area contributed by atoms with E-state index in [0.29, 0.717) is 19.4 Å². The van der Waals surface area contributed by atoms with Crippen molar-refractivity contribution in [2.45, 2.75) is 26.7 Å². The molecule has 1 aliphatic rings. The van der Waals surface area contributed by atoms with Crippen molar-refractivity contribution in [3.63, 3.8) is 0 Å². The molecule has 0 bridgehead atoms. The summed E-state index contributed by atoms with van der Waals surface area (Å²) >= 11 is 0. The number of hydrogen-bond donors (Lipinski definition) is 1. The molecule has 0 aromatic carbocycles. The molecule has 1 atom stereocenters. The molecular weight excluding hydrogens is 180 g/mol. The first-order chi connectivity index (χ1) is 6.69. The van der Waals surface area contributed by atoms with Crippen molar-refractivity contribution in [2.24, 2.45) is 5.92 Å². The Morgan fingerprint density at radius 2 is 2.14 bits per heavy atom. The van der Waals surface area contributed by atoms with Crippen molar-refractivity contribution in [3.8, 4) is 0 Å². The summed E-state index contributed by atoms with van der Waals surface area (Å²) in [5.74, 6) is 0.233. The number of hydrogen-bond acceptors (Lipinski definition) is 2. The minimum Gasteiger partial charge on any atom is -0.355 e. The van der Waals surface area contributed by atoms with Crippen molar-refractivity contribution < 1.29 is 9.59 Å². The summed E-state index contributed by atoms with van der Waals surface area (Å²) in [4.78, 5) is 24.6. The normalized spacial score (nSPS) is 21.6. The second-order valence-electron chi connectivity index (χ2n) is 3.55. The second-order valence-corrected chi connectivity index (χ2v) is 3.55.